The molecule has 3 rings (SSSR count). The largest absolute Gasteiger partial charge is 0.357 e. The molecule has 5 heteroatoms. The number of benzene rings is 1. The van der Waals surface area contributed by atoms with Crippen LogP contribution in [0.1, 0.15) is 27.7 Å². The highest BCUT2D eigenvalue weighted by atomic mass is 16.5. The number of hydrogen-bond donors (Lipinski definition) is 0. The van der Waals surface area contributed by atoms with Crippen molar-refractivity contribution in [3.63, 3.8) is 0 Å². The lowest BCUT2D eigenvalue weighted by Crippen LogP contribution is -2.45. The van der Waals surface area contributed by atoms with Crippen molar-refractivity contribution in [3.8, 4) is 0 Å². The lowest BCUT2D eigenvalue weighted by Gasteiger charge is -2.31. The molecule has 21 heavy (non-hydrogen) atoms. The fourth-order valence-corrected chi connectivity index (χ4v) is 2.10. The molecule has 116 valence electrons. The molecule has 0 aliphatic carbocycles. The highest BCUT2D eigenvalue weighted by Gasteiger charge is 2.41. The number of amides is 2. The Balaban J connectivity index is 0.000000510. The van der Waals surface area contributed by atoms with Crippen molar-refractivity contribution in [2.75, 3.05) is 24.8 Å². The van der Waals surface area contributed by atoms with Gasteiger partial charge in [-0.1, -0.05) is 52.5 Å². The van der Waals surface area contributed by atoms with Crippen molar-refractivity contribution < 1.29 is 9.53 Å². The number of para-hydroxylation sites is 1. The molecule has 1 aromatic rings. The number of hydrogen-bond acceptors (Lipinski definition) is 3. The summed E-state index contributed by atoms with van der Waals surface area (Å²) in [6, 6.07) is 9.40. The van der Waals surface area contributed by atoms with Crippen LogP contribution >= 0.6 is 0 Å². The van der Waals surface area contributed by atoms with Crippen LogP contribution in [0.25, 0.3) is 0 Å². The number of nitrogens with zero attached hydrogens (tertiary/aromatic N) is 3. The summed E-state index contributed by atoms with van der Waals surface area (Å²) >= 11 is 0. The third-order valence-corrected chi connectivity index (χ3v) is 2.93. The molecule has 1 aromatic carbocycles. The quantitative estimate of drug-likeness (QED) is 0.792. The van der Waals surface area contributed by atoms with Crippen LogP contribution < -0.4 is 4.90 Å². The van der Waals surface area contributed by atoms with Crippen molar-refractivity contribution in [2.24, 2.45) is 0 Å². The van der Waals surface area contributed by atoms with Gasteiger partial charge >= 0.3 is 6.03 Å². The Labute approximate surface area is 127 Å². The van der Waals surface area contributed by atoms with E-state index < -0.39 is 0 Å². The SMILES string of the molecule is C=C1N(c2ccccc2)C(=O)N2COCCN12.CC.CC. The van der Waals surface area contributed by atoms with Gasteiger partial charge in [0.1, 0.15) is 12.6 Å². The number of urea groups is 1. The minimum atomic E-state index is -0.110. The second kappa shape index (κ2) is 8.32. The maximum absolute atomic E-state index is 12.2. The van der Waals surface area contributed by atoms with Crippen molar-refractivity contribution in [1.29, 1.82) is 0 Å². The molecule has 0 unspecified atom stereocenters. The second-order valence-electron chi connectivity index (χ2n) is 3.93. The summed E-state index contributed by atoms with van der Waals surface area (Å²) < 4.78 is 5.28. The molecular weight excluding hydrogens is 266 g/mol. The number of rotatable bonds is 1. The number of ether oxygens (including phenoxy) is 1. The zero-order valence-corrected chi connectivity index (χ0v) is 13.4. The number of carbonyl (C=O) groups is 1. The van der Waals surface area contributed by atoms with E-state index in [0.717, 1.165) is 5.69 Å². The minimum Gasteiger partial charge on any atom is -0.357 e. The van der Waals surface area contributed by atoms with Gasteiger partial charge in [0.25, 0.3) is 0 Å². The Kier molecular flexibility index (Phi) is 6.75. The van der Waals surface area contributed by atoms with Gasteiger partial charge in [0, 0.05) is 0 Å². The molecule has 0 atom stereocenters. The fraction of sp³-hybridized carbons (Fsp3) is 0.438. The summed E-state index contributed by atoms with van der Waals surface area (Å²) in [6.07, 6.45) is 0. The molecule has 2 aliphatic rings. The Morgan fingerprint density at radius 2 is 1.67 bits per heavy atom. The van der Waals surface area contributed by atoms with Crippen molar-refractivity contribution in [1.82, 2.24) is 10.0 Å². The molecule has 0 bridgehead atoms. The zero-order valence-electron chi connectivity index (χ0n) is 13.4. The third-order valence-electron chi connectivity index (χ3n) is 2.93. The maximum atomic E-state index is 12.2. The number of carbonyl (C=O) groups excluding carboxylic acids is 1. The van der Waals surface area contributed by atoms with E-state index in [9.17, 15) is 4.79 Å². The van der Waals surface area contributed by atoms with Crippen LogP contribution in [0.3, 0.4) is 0 Å². The Hall–Kier alpha value is -2.01. The van der Waals surface area contributed by atoms with Gasteiger partial charge in [0.05, 0.1) is 18.8 Å². The molecule has 0 spiro atoms. The summed E-state index contributed by atoms with van der Waals surface area (Å²) in [4.78, 5) is 13.8. The van der Waals surface area contributed by atoms with Crippen LogP contribution in [0, 0.1) is 0 Å². The van der Waals surface area contributed by atoms with Crippen LogP contribution in [0.2, 0.25) is 0 Å². The van der Waals surface area contributed by atoms with Gasteiger partial charge in [-0.25, -0.2) is 14.7 Å². The van der Waals surface area contributed by atoms with E-state index in [-0.39, 0.29) is 6.03 Å². The average molecular weight is 291 g/mol. The van der Waals surface area contributed by atoms with E-state index in [0.29, 0.717) is 25.7 Å². The van der Waals surface area contributed by atoms with Gasteiger partial charge in [-0.2, -0.15) is 0 Å². The zero-order chi connectivity index (χ0) is 15.8. The molecular formula is C16H25N3O2. The monoisotopic (exact) mass is 291 g/mol. The standard InChI is InChI=1S/C12H13N3O2.2C2H6/c1-10-13-7-8-17-9-14(13)12(16)15(10)11-5-3-2-4-6-11;2*1-2/h2-6H,1,7-9H2;2*1-2H3. The Bertz CT molecular complexity index is 438. The minimum absolute atomic E-state index is 0.110. The highest BCUT2D eigenvalue weighted by molar-refractivity contribution is 5.97. The number of hydrazine groups is 1. The van der Waals surface area contributed by atoms with E-state index in [1.165, 1.54) is 0 Å². The van der Waals surface area contributed by atoms with Gasteiger partial charge in [0.2, 0.25) is 0 Å². The first-order valence-corrected chi connectivity index (χ1v) is 7.50. The predicted octanol–water partition coefficient (Wildman–Crippen LogP) is 3.66. The van der Waals surface area contributed by atoms with Crippen LogP contribution in [-0.4, -0.2) is 35.9 Å². The van der Waals surface area contributed by atoms with Crippen LogP contribution in [0.4, 0.5) is 10.5 Å². The third kappa shape index (κ3) is 3.36. The van der Waals surface area contributed by atoms with Gasteiger partial charge in [-0.3, -0.25) is 5.01 Å². The number of anilines is 1. The van der Waals surface area contributed by atoms with E-state index in [4.69, 9.17) is 4.74 Å². The average Bonchev–Trinajstić information content (AvgIpc) is 2.84. The molecule has 0 N–H and O–H groups in total. The van der Waals surface area contributed by atoms with E-state index in [1.54, 1.807) is 9.91 Å². The van der Waals surface area contributed by atoms with E-state index >= 15 is 0 Å². The van der Waals surface area contributed by atoms with E-state index in [2.05, 4.69) is 6.58 Å². The molecule has 5 nitrogen and oxygen atoms in total. The van der Waals surface area contributed by atoms with Crippen molar-refractivity contribution in [3.05, 3.63) is 42.7 Å². The molecule has 2 amide bonds. The highest BCUT2D eigenvalue weighted by Crippen LogP contribution is 2.30. The molecule has 0 aromatic heterocycles. The lowest BCUT2D eigenvalue weighted by atomic mass is 10.3. The van der Waals surface area contributed by atoms with Gasteiger partial charge in [0.15, 0.2) is 0 Å². The Morgan fingerprint density at radius 1 is 1.05 bits per heavy atom. The second-order valence-corrected chi connectivity index (χ2v) is 3.93. The predicted molar refractivity (Wildman–Crippen MR) is 85.5 cm³/mol. The molecule has 2 heterocycles. The molecule has 0 saturated carbocycles. The van der Waals surface area contributed by atoms with Gasteiger partial charge in [-0.05, 0) is 12.1 Å². The normalized spacial score (nSPS) is 16.7. The summed E-state index contributed by atoms with van der Waals surface area (Å²) in [7, 11) is 0. The molecule has 2 fully saturated rings. The van der Waals surface area contributed by atoms with Crippen LogP contribution in [0.15, 0.2) is 42.7 Å². The summed E-state index contributed by atoms with van der Waals surface area (Å²) in [6.45, 7) is 13.6. The molecule has 2 saturated heterocycles. The fourth-order valence-electron chi connectivity index (χ4n) is 2.10. The molecule has 2 aliphatic heterocycles. The van der Waals surface area contributed by atoms with Crippen LogP contribution in [0.5, 0.6) is 0 Å². The Morgan fingerprint density at radius 3 is 2.24 bits per heavy atom. The van der Waals surface area contributed by atoms with Crippen molar-refractivity contribution in [2.45, 2.75) is 27.7 Å². The topological polar surface area (TPSA) is 36.0 Å². The molecule has 0 radical (unpaired) electrons. The first-order chi connectivity index (χ1) is 10.3. The number of fused-ring (bicyclic) bond motifs is 1. The summed E-state index contributed by atoms with van der Waals surface area (Å²) in [5, 5.41) is 3.43. The van der Waals surface area contributed by atoms with Crippen molar-refractivity contribution >= 4 is 11.7 Å². The first kappa shape index (κ1) is 17.0. The van der Waals surface area contributed by atoms with E-state index in [1.807, 2.05) is 63.0 Å². The maximum Gasteiger partial charge on any atom is 0.351 e. The van der Waals surface area contributed by atoms with Gasteiger partial charge < -0.3 is 4.74 Å². The van der Waals surface area contributed by atoms with Gasteiger partial charge in [-0.15, -0.1) is 0 Å². The summed E-state index contributed by atoms with van der Waals surface area (Å²) in [5.41, 5.74) is 0.830. The smallest absolute Gasteiger partial charge is 0.351 e. The van der Waals surface area contributed by atoms with Crippen LogP contribution in [-0.2, 0) is 4.74 Å². The lowest BCUT2D eigenvalue weighted by molar-refractivity contribution is -0.0913. The first-order valence-electron chi connectivity index (χ1n) is 7.50. The summed E-state index contributed by atoms with van der Waals surface area (Å²) in [5.74, 6) is 0.685.